The van der Waals surface area contributed by atoms with Gasteiger partial charge in [-0.1, -0.05) is 29.3 Å². The molecule has 1 amide bonds. The molecule has 7 heteroatoms. The molecule has 0 unspecified atom stereocenters. The van der Waals surface area contributed by atoms with Crippen LogP contribution in [-0.2, 0) is 0 Å². The molecule has 2 N–H and O–H groups in total. The zero-order chi connectivity index (χ0) is 19.4. The third kappa shape index (κ3) is 4.54. The average molecular weight is 383 g/mol. The lowest BCUT2D eigenvalue weighted by atomic mass is 10.2. The molecule has 0 saturated carbocycles. The van der Waals surface area contributed by atoms with E-state index in [4.69, 9.17) is 16.3 Å². The minimum absolute atomic E-state index is 0.248. The third-order valence-electron chi connectivity index (χ3n) is 3.92. The van der Waals surface area contributed by atoms with Gasteiger partial charge in [0.1, 0.15) is 11.4 Å². The van der Waals surface area contributed by atoms with Crippen molar-refractivity contribution >= 4 is 34.8 Å². The lowest BCUT2D eigenvalue weighted by Gasteiger charge is -2.12. The fraction of sp³-hybridized carbons (Fsp3) is 0.150. The van der Waals surface area contributed by atoms with Crippen LogP contribution in [0.3, 0.4) is 0 Å². The van der Waals surface area contributed by atoms with E-state index in [9.17, 15) is 4.79 Å². The van der Waals surface area contributed by atoms with Gasteiger partial charge in [0.2, 0.25) is 5.95 Å². The number of anilines is 3. The summed E-state index contributed by atoms with van der Waals surface area (Å²) in [6.45, 7) is 3.87. The van der Waals surface area contributed by atoms with Gasteiger partial charge in [0, 0.05) is 23.0 Å². The average Bonchev–Trinajstić information content (AvgIpc) is 2.66. The van der Waals surface area contributed by atoms with Crippen LogP contribution in [0.4, 0.5) is 17.3 Å². The Labute approximate surface area is 162 Å². The fourth-order valence-electron chi connectivity index (χ4n) is 2.43. The molecule has 0 aliphatic rings. The van der Waals surface area contributed by atoms with E-state index >= 15 is 0 Å². The molecule has 138 valence electrons. The zero-order valence-corrected chi connectivity index (χ0v) is 16.0. The van der Waals surface area contributed by atoms with E-state index in [1.165, 1.54) is 6.20 Å². The third-order valence-corrected chi connectivity index (χ3v) is 4.33. The van der Waals surface area contributed by atoms with Gasteiger partial charge in [-0.15, -0.1) is 0 Å². The number of aromatic nitrogens is 2. The monoisotopic (exact) mass is 382 g/mol. The van der Waals surface area contributed by atoms with E-state index in [1.807, 2.05) is 44.2 Å². The van der Waals surface area contributed by atoms with Crippen molar-refractivity contribution in [3.63, 3.8) is 0 Å². The number of carbonyl (C=O) groups excluding carboxylic acids is 1. The smallest absolute Gasteiger partial charge is 0.274 e. The largest absolute Gasteiger partial charge is 0.495 e. The van der Waals surface area contributed by atoms with Gasteiger partial charge in [-0.05, 0) is 43.7 Å². The molecule has 0 saturated heterocycles. The Morgan fingerprint density at radius 1 is 1.11 bits per heavy atom. The van der Waals surface area contributed by atoms with Crippen molar-refractivity contribution in [3.05, 3.63) is 70.5 Å². The summed E-state index contributed by atoms with van der Waals surface area (Å²) in [5.74, 6) is 0.527. The summed E-state index contributed by atoms with van der Waals surface area (Å²) < 4.78 is 5.34. The van der Waals surface area contributed by atoms with Crippen LogP contribution in [0.25, 0.3) is 0 Å². The molecule has 0 aliphatic carbocycles. The van der Waals surface area contributed by atoms with Gasteiger partial charge in [-0.3, -0.25) is 4.79 Å². The first-order valence-electron chi connectivity index (χ1n) is 8.28. The minimum atomic E-state index is -0.316. The van der Waals surface area contributed by atoms with E-state index in [0.717, 1.165) is 11.1 Å². The Balaban J connectivity index is 1.80. The molecule has 0 bridgehead atoms. The summed E-state index contributed by atoms with van der Waals surface area (Å²) in [7, 11) is 1.55. The van der Waals surface area contributed by atoms with Crippen LogP contribution < -0.4 is 15.4 Å². The van der Waals surface area contributed by atoms with Crippen molar-refractivity contribution in [1.29, 1.82) is 0 Å². The SMILES string of the molecule is COc1cc(Cl)c(C)cc1Nc1nccc(C(=O)Nc2ccc(C)cc2)n1. The van der Waals surface area contributed by atoms with E-state index in [2.05, 4.69) is 20.6 Å². The number of hydrogen-bond donors (Lipinski definition) is 2. The van der Waals surface area contributed by atoms with Gasteiger partial charge in [-0.2, -0.15) is 0 Å². The van der Waals surface area contributed by atoms with Crippen LogP contribution in [0, 0.1) is 13.8 Å². The Bertz CT molecular complexity index is 974. The van der Waals surface area contributed by atoms with Gasteiger partial charge in [0.25, 0.3) is 5.91 Å². The second-order valence-electron chi connectivity index (χ2n) is 6.01. The number of benzene rings is 2. The highest BCUT2D eigenvalue weighted by molar-refractivity contribution is 6.31. The quantitative estimate of drug-likeness (QED) is 0.665. The Morgan fingerprint density at radius 3 is 2.56 bits per heavy atom. The maximum Gasteiger partial charge on any atom is 0.274 e. The lowest BCUT2D eigenvalue weighted by Crippen LogP contribution is -2.14. The normalized spacial score (nSPS) is 10.4. The number of nitrogens with one attached hydrogen (secondary N) is 2. The number of rotatable bonds is 5. The van der Waals surface area contributed by atoms with E-state index in [-0.39, 0.29) is 17.5 Å². The molecule has 6 nitrogen and oxygen atoms in total. The number of amides is 1. The predicted octanol–water partition coefficient (Wildman–Crippen LogP) is 4.75. The van der Waals surface area contributed by atoms with E-state index < -0.39 is 0 Å². The summed E-state index contributed by atoms with van der Waals surface area (Å²) >= 11 is 6.13. The molecule has 0 fully saturated rings. The van der Waals surface area contributed by atoms with Crippen molar-refractivity contribution < 1.29 is 9.53 Å². The summed E-state index contributed by atoms with van der Waals surface area (Å²) in [5, 5.41) is 6.49. The molecule has 3 aromatic rings. The number of aryl methyl sites for hydroxylation is 2. The first-order valence-corrected chi connectivity index (χ1v) is 8.66. The molecule has 0 atom stereocenters. The minimum Gasteiger partial charge on any atom is -0.495 e. The molecule has 0 radical (unpaired) electrons. The topological polar surface area (TPSA) is 76.1 Å². The van der Waals surface area contributed by atoms with Crippen molar-refractivity contribution in [2.75, 3.05) is 17.7 Å². The molecule has 0 aliphatic heterocycles. The first kappa shape index (κ1) is 18.7. The maximum atomic E-state index is 12.5. The van der Waals surface area contributed by atoms with Gasteiger partial charge in [0.15, 0.2) is 0 Å². The molecular weight excluding hydrogens is 364 g/mol. The van der Waals surface area contributed by atoms with Crippen LogP contribution in [0.15, 0.2) is 48.7 Å². The molecule has 3 rings (SSSR count). The standard InChI is InChI=1S/C20H19ClN4O2/c1-12-4-6-14(7-5-12)23-19(26)16-8-9-22-20(24-16)25-17-10-13(2)15(21)11-18(17)27-3/h4-11H,1-3H3,(H,23,26)(H,22,24,25). The molecule has 1 aromatic heterocycles. The Morgan fingerprint density at radius 2 is 1.85 bits per heavy atom. The van der Waals surface area contributed by atoms with Crippen LogP contribution >= 0.6 is 11.6 Å². The van der Waals surface area contributed by atoms with Crippen LogP contribution in [0.5, 0.6) is 5.75 Å². The predicted molar refractivity (Wildman–Crippen MR) is 107 cm³/mol. The highest BCUT2D eigenvalue weighted by atomic mass is 35.5. The van der Waals surface area contributed by atoms with Gasteiger partial charge in [-0.25, -0.2) is 9.97 Å². The van der Waals surface area contributed by atoms with Crippen molar-refractivity contribution in [2.24, 2.45) is 0 Å². The van der Waals surface area contributed by atoms with Gasteiger partial charge >= 0.3 is 0 Å². The molecule has 1 heterocycles. The Hall–Kier alpha value is -3.12. The summed E-state index contributed by atoms with van der Waals surface area (Å²) in [4.78, 5) is 20.9. The maximum absolute atomic E-state index is 12.5. The number of methoxy groups -OCH3 is 1. The van der Waals surface area contributed by atoms with Crippen molar-refractivity contribution in [1.82, 2.24) is 9.97 Å². The van der Waals surface area contributed by atoms with Gasteiger partial charge < -0.3 is 15.4 Å². The van der Waals surface area contributed by atoms with Crippen molar-refractivity contribution in [2.45, 2.75) is 13.8 Å². The molecule has 27 heavy (non-hydrogen) atoms. The second-order valence-corrected chi connectivity index (χ2v) is 6.42. The summed E-state index contributed by atoms with van der Waals surface area (Å²) in [6.07, 6.45) is 1.52. The molecule has 0 spiro atoms. The highest BCUT2D eigenvalue weighted by Gasteiger charge is 2.12. The summed E-state index contributed by atoms with van der Waals surface area (Å²) in [6, 6.07) is 12.6. The van der Waals surface area contributed by atoms with Crippen LogP contribution in [0.2, 0.25) is 5.02 Å². The molecular formula is C20H19ClN4O2. The molecule has 2 aromatic carbocycles. The first-order chi connectivity index (χ1) is 13.0. The van der Waals surface area contributed by atoms with Crippen LogP contribution in [0.1, 0.15) is 21.6 Å². The second kappa shape index (κ2) is 8.05. The number of ether oxygens (including phenoxy) is 1. The van der Waals surface area contributed by atoms with E-state index in [0.29, 0.717) is 22.1 Å². The van der Waals surface area contributed by atoms with Crippen molar-refractivity contribution in [3.8, 4) is 5.75 Å². The number of halogens is 1. The number of hydrogen-bond acceptors (Lipinski definition) is 5. The number of nitrogens with zero attached hydrogens (tertiary/aromatic N) is 2. The summed E-state index contributed by atoms with van der Waals surface area (Å²) in [5.41, 5.74) is 3.61. The fourth-order valence-corrected chi connectivity index (χ4v) is 2.58. The van der Waals surface area contributed by atoms with Crippen LogP contribution in [-0.4, -0.2) is 23.0 Å². The lowest BCUT2D eigenvalue weighted by molar-refractivity contribution is 0.102. The highest BCUT2D eigenvalue weighted by Crippen LogP contribution is 2.32. The Kier molecular flexibility index (Phi) is 5.57. The van der Waals surface area contributed by atoms with E-state index in [1.54, 1.807) is 19.2 Å². The zero-order valence-electron chi connectivity index (χ0n) is 15.2. The van der Waals surface area contributed by atoms with Gasteiger partial charge in [0.05, 0.1) is 12.8 Å². The number of carbonyl (C=O) groups is 1.